The van der Waals surface area contributed by atoms with Crippen molar-refractivity contribution in [1.29, 1.82) is 0 Å². The summed E-state index contributed by atoms with van der Waals surface area (Å²) in [5.74, 6) is -0.0833. The Morgan fingerprint density at radius 1 is 1.19 bits per heavy atom. The molecule has 11 heteroatoms. The first-order valence-corrected chi connectivity index (χ1v) is 10.1. The Kier molecular flexibility index (Phi) is 5.68. The third-order valence-electron chi connectivity index (χ3n) is 4.52. The Labute approximate surface area is 150 Å². The van der Waals surface area contributed by atoms with Crippen molar-refractivity contribution in [3.8, 4) is 0 Å². The minimum atomic E-state index is -4.54. The number of halogens is 3. The van der Waals surface area contributed by atoms with Crippen LogP contribution in [0.3, 0.4) is 0 Å². The maximum absolute atomic E-state index is 12.8. The normalized spacial score (nSPS) is 23.2. The van der Waals surface area contributed by atoms with Gasteiger partial charge in [0, 0.05) is 39.0 Å². The second-order valence-corrected chi connectivity index (χ2v) is 8.41. The highest BCUT2D eigenvalue weighted by atomic mass is 32.2. The van der Waals surface area contributed by atoms with E-state index < -0.39 is 21.9 Å². The van der Waals surface area contributed by atoms with Gasteiger partial charge in [0.2, 0.25) is 16.0 Å². The summed E-state index contributed by atoms with van der Waals surface area (Å²) in [7, 11) is -3.46. The van der Waals surface area contributed by atoms with Gasteiger partial charge in [-0.1, -0.05) is 0 Å². The Morgan fingerprint density at radius 3 is 2.54 bits per heavy atom. The summed E-state index contributed by atoms with van der Waals surface area (Å²) >= 11 is 0. The van der Waals surface area contributed by atoms with E-state index >= 15 is 0 Å². The lowest BCUT2D eigenvalue weighted by molar-refractivity contribution is -0.141. The van der Waals surface area contributed by atoms with Crippen molar-refractivity contribution in [2.75, 3.05) is 43.4 Å². The summed E-state index contributed by atoms with van der Waals surface area (Å²) in [6.07, 6.45) is -1.11. The largest absolute Gasteiger partial charge is 0.433 e. The number of alkyl halides is 3. The average Bonchev–Trinajstić information content (AvgIpc) is 2.62. The molecule has 3 heterocycles. The van der Waals surface area contributed by atoms with Gasteiger partial charge >= 0.3 is 6.18 Å². The summed E-state index contributed by atoms with van der Waals surface area (Å²) in [5, 5.41) is 0. The smallest absolute Gasteiger partial charge is 0.377 e. The lowest BCUT2D eigenvalue weighted by Crippen LogP contribution is -2.51. The Bertz CT molecular complexity index is 715. The molecule has 0 radical (unpaired) electrons. The van der Waals surface area contributed by atoms with Gasteiger partial charge in [-0.2, -0.15) is 17.5 Å². The summed E-state index contributed by atoms with van der Waals surface area (Å²) in [6, 6.07) is 0.814. The molecular weight excluding hydrogens is 373 g/mol. The van der Waals surface area contributed by atoms with E-state index in [-0.39, 0.29) is 44.0 Å². The van der Waals surface area contributed by atoms with Crippen molar-refractivity contribution < 1.29 is 26.3 Å². The fourth-order valence-electron chi connectivity index (χ4n) is 3.10. The molecule has 0 bridgehead atoms. The third-order valence-corrected chi connectivity index (χ3v) is 6.46. The van der Waals surface area contributed by atoms with E-state index in [1.807, 2.05) is 0 Å². The van der Waals surface area contributed by atoms with Crippen molar-refractivity contribution in [1.82, 2.24) is 14.3 Å². The van der Waals surface area contributed by atoms with Gasteiger partial charge in [-0.05, 0) is 25.3 Å². The molecule has 0 spiro atoms. The number of ether oxygens (including phenoxy) is 1. The quantitative estimate of drug-likeness (QED) is 0.771. The first kappa shape index (κ1) is 19.3. The predicted molar refractivity (Wildman–Crippen MR) is 88.2 cm³/mol. The zero-order valence-corrected chi connectivity index (χ0v) is 15.0. The average molecular weight is 394 g/mol. The Balaban J connectivity index is 1.60. The van der Waals surface area contributed by atoms with Gasteiger partial charge in [0.25, 0.3) is 0 Å². The summed E-state index contributed by atoms with van der Waals surface area (Å²) < 4.78 is 70.2. The number of piperazine rings is 1. The minimum absolute atomic E-state index is 0.0347. The fourth-order valence-corrected chi connectivity index (χ4v) is 4.77. The molecule has 2 aliphatic heterocycles. The highest BCUT2D eigenvalue weighted by Crippen LogP contribution is 2.28. The van der Waals surface area contributed by atoms with E-state index in [0.29, 0.717) is 6.61 Å². The number of hydrogen-bond donors (Lipinski definition) is 0. The van der Waals surface area contributed by atoms with Crippen LogP contribution in [0.15, 0.2) is 12.3 Å². The molecule has 0 aromatic carbocycles. The van der Waals surface area contributed by atoms with Crippen molar-refractivity contribution in [3.63, 3.8) is 0 Å². The SMILES string of the molecule is O=S(=O)(CC1CCCCO1)N1CCN(c2nccc(C(F)(F)F)n2)CC1. The number of anilines is 1. The van der Waals surface area contributed by atoms with Crippen LogP contribution >= 0.6 is 0 Å². The first-order chi connectivity index (χ1) is 12.3. The summed E-state index contributed by atoms with van der Waals surface area (Å²) in [4.78, 5) is 9.00. The molecule has 1 aromatic rings. The standard InChI is InChI=1S/C15H21F3N4O3S/c16-15(17,18)13-4-5-19-14(20-13)21-6-8-22(9-7-21)26(23,24)11-12-3-1-2-10-25-12/h4-5,12H,1-3,6-11H2. The van der Waals surface area contributed by atoms with Crippen molar-refractivity contribution >= 4 is 16.0 Å². The maximum Gasteiger partial charge on any atom is 0.433 e. The molecule has 3 rings (SSSR count). The topological polar surface area (TPSA) is 75.6 Å². The number of sulfonamides is 1. The van der Waals surface area contributed by atoms with Crippen molar-refractivity contribution in [2.24, 2.45) is 0 Å². The molecule has 146 valence electrons. The highest BCUT2D eigenvalue weighted by molar-refractivity contribution is 7.89. The molecule has 2 saturated heterocycles. The molecule has 0 amide bonds. The van der Waals surface area contributed by atoms with Crippen LogP contribution < -0.4 is 4.90 Å². The highest BCUT2D eigenvalue weighted by Gasteiger charge is 2.34. The minimum Gasteiger partial charge on any atom is -0.377 e. The Morgan fingerprint density at radius 2 is 1.92 bits per heavy atom. The molecule has 1 unspecified atom stereocenters. The molecule has 1 aromatic heterocycles. The van der Waals surface area contributed by atoms with Gasteiger partial charge in [0.05, 0.1) is 11.9 Å². The van der Waals surface area contributed by atoms with E-state index in [2.05, 4.69) is 9.97 Å². The van der Waals surface area contributed by atoms with E-state index in [9.17, 15) is 21.6 Å². The lowest BCUT2D eigenvalue weighted by Gasteiger charge is -2.35. The molecule has 1 atom stereocenters. The summed E-state index contributed by atoms with van der Waals surface area (Å²) in [6.45, 7) is 1.45. The number of nitrogens with zero attached hydrogens (tertiary/aromatic N) is 4. The predicted octanol–water partition coefficient (Wildman–Crippen LogP) is 1.52. The molecule has 0 N–H and O–H groups in total. The van der Waals surface area contributed by atoms with Gasteiger partial charge in [-0.25, -0.2) is 18.4 Å². The zero-order chi connectivity index (χ0) is 18.8. The fraction of sp³-hybridized carbons (Fsp3) is 0.733. The molecule has 0 aliphatic carbocycles. The van der Waals surface area contributed by atoms with Crippen molar-refractivity contribution in [2.45, 2.75) is 31.5 Å². The third kappa shape index (κ3) is 4.63. The molecule has 2 aliphatic rings. The van der Waals surface area contributed by atoms with Gasteiger partial charge in [-0.15, -0.1) is 0 Å². The van der Waals surface area contributed by atoms with Gasteiger partial charge in [0.15, 0.2) is 0 Å². The number of aromatic nitrogens is 2. The van der Waals surface area contributed by atoms with E-state index in [0.717, 1.165) is 31.5 Å². The molecule has 2 fully saturated rings. The Hall–Kier alpha value is -1.46. The molecular formula is C15H21F3N4O3S. The zero-order valence-electron chi connectivity index (χ0n) is 14.2. The number of hydrogen-bond acceptors (Lipinski definition) is 6. The molecule has 26 heavy (non-hydrogen) atoms. The van der Waals surface area contributed by atoms with Crippen LogP contribution in [0.2, 0.25) is 0 Å². The monoisotopic (exact) mass is 394 g/mol. The van der Waals surface area contributed by atoms with Gasteiger partial charge in [0.1, 0.15) is 5.69 Å². The molecule has 7 nitrogen and oxygen atoms in total. The van der Waals surface area contributed by atoms with Crippen LogP contribution in [0.5, 0.6) is 0 Å². The summed E-state index contributed by atoms with van der Waals surface area (Å²) in [5.41, 5.74) is -1.01. The van der Waals surface area contributed by atoms with E-state index in [1.54, 1.807) is 4.90 Å². The van der Waals surface area contributed by atoms with Crippen molar-refractivity contribution in [3.05, 3.63) is 18.0 Å². The number of rotatable bonds is 4. The van der Waals surface area contributed by atoms with Gasteiger partial charge < -0.3 is 9.64 Å². The maximum atomic E-state index is 12.8. The molecule has 0 saturated carbocycles. The van der Waals surface area contributed by atoms with Crippen LogP contribution in [0.4, 0.5) is 19.1 Å². The second kappa shape index (κ2) is 7.65. The van der Waals surface area contributed by atoms with E-state index in [4.69, 9.17) is 4.74 Å². The lowest BCUT2D eigenvalue weighted by atomic mass is 10.1. The van der Waals surface area contributed by atoms with Crippen LogP contribution in [-0.4, -0.2) is 67.3 Å². The van der Waals surface area contributed by atoms with Crippen LogP contribution in [0.25, 0.3) is 0 Å². The first-order valence-electron chi connectivity index (χ1n) is 8.50. The van der Waals surface area contributed by atoms with Crippen LogP contribution in [0.1, 0.15) is 25.0 Å². The van der Waals surface area contributed by atoms with Crippen LogP contribution in [0, 0.1) is 0 Å². The van der Waals surface area contributed by atoms with E-state index in [1.165, 1.54) is 4.31 Å². The van der Waals surface area contributed by atoms with Crippen LogP contribution in [-0.2, 0) is 20.9 Å². The second-order valence-electron chi connectivity index (χ2n) is 6.39. The van der Waals surface area contributed by atoms with Gasteiger partial charge in [-0.3, -0.25) is 0 Å².